The Morgan fingerprint density at radius 3 is 2.44 bits per heavy atom. The van der Waals surface area contributed by atoms with Crippen molar-refractivity contribution in [2.24, 2.45) is 10.1 Å². The van der Waals surface area contributed by atoms with Crippen molar-refractivity contribution < 1.29 is 0 Å². The Balaban J connectivity index is 0.00000225. The van der Waals surface area contributed by atoms with Gasteiger partial charge >= 0.3 is 0 Å². The van der Waals surface area contributed by atoms with Crippen molar-refractivity contribution in [2.75, 3.05) is 13.1 Å². The molecule has 1 aliphatic heterocycles. The Bertz CT molecular complexity index is 849. The molecule has 0 aliphatic carbocycles. The molecule has 0 atom stereocenters. The molecule has 0 aromatic heterocycles. The second-order valence-electron chi connectivity index (χ2n) is 5.03. The maximum absolute atomic E-state index is 5.98. The number of hydrogen-bond acceptors (Lipinski definition) is 4. The number of hydrogen-bond donors (Lipinski definition) is 2. The SMILES string of the molecule is Cl.Clc1ccc(C#Cc2ccc(/C=N/NC3=NCCN3)cc2)cc1Cl. The predicted octanol–water partition coefficient (Wildman–Crippen LogP) is 3.70. The molecule has 0 amide bonds. The van der Waals surface area contributed by atoms with E-state index in [1.807, 2.05) is 30.3 Å². The molecule has 1 aliphatic rings. The first-order valence-electron chi connectivity index (χ1n) is 7.35. The van der Waals surface area contributed by atoms with Crippen LogP contribution in [0, 0.1) is 11.8 Å². The number of guanidine groups is 1. The maximum atomic E-state index is 5.98. The summed E-state index contributed by atoms with van der Waals surface area (Å²) in [5, 5.41) is 8.24. The number of nitrogens with one attached hydrogen (secondary N) is 2. The van der Waals surface area contributed by atoms with Crippen LogP contribution in [0.4, 0.5) is 0 Å². The monoisotopic (exact) mass is 392 g/mol. The molecule has 0 saturated carbocycles. The van der Waals surface area contributed by atoms with Gasteiger partial charge in [0, 0.05) is 17.7 Å². The topological polar surface area (TPSA) is 48.8 Å². The fourth-order valence-corrected chi connectivity index (χ4v) is 2.31. The summed E-state index contributed by atoms with van der Waals surface area (Å²) in [6.07, 6.45) is 1.73. The number of hydrazone groups is 1. The molecule has 4 nitrogen and oxygen atoms in total. The van der Waals surface area contributed by atoms with E-state index in [0.29, 0.717) is 16.0 Å². The molecule has 7 heteroatoms. The van der Waals surface area contributed by atoms with E-state index in [4.69, 9.17) is 23.2 Å². The van der Waals surface area contributed by atoms with E-state index in [1.54, 1.807) is 18.3 Å². The molecule has 128 valence electrons. The van der Waals surface area contributed by atoms with Gasteiger partial charge in [-0.05, 0) is 35.9 Å². The van der Waals surface area contributed by atoms with Gasteiger partial charge < -0.3 is 5.32 Å². The first-order valence-corrected chi connectivity index (χ1v) is 8.11. The third kappa shape index (κ3) is 5.68. The number of nitrogens with zero attached hydrogens (tertiary/aromatic N) is 2. The Labute approximate surface area is 162 Å². The lowest BCUT2D eigenvalue weighted by atomic mass is 10.1. The smallest absolute Gasteiger partial charge is 0.212 e. The van der Waals surface area contributed by atoms with E-state index in [0.717, 1.165) is 29.8 Å². The number of aliphatic imine (C=N–C) groups is 1. The van der Waals surface area contributed by atoms with Crippen LogP contribution in [0.25, 0.3) is 0 Å². The lowest BCUT2D eigenvalue weighted by Crippen LogP contribution is -2.30. The molecule has 0 radical (unpaired) electrons. The van der Waals surface area contributed by atoms with Crippen molar-refractivity contribution >= 4 is 47.8 Å². The highest BCUT2D eigenvalue weighted by Crippen LogP contribution is 2.22. The molecule has 0 unspecified atom stereocenters. The van der Waals surface area contributed by atoms with E-state index >= 15 is 0 Å². The van der Waals surface area contributed by atoms with Gasteiger partial charge in [0.25, 0.3) is 0 Å². The third-order valence-corrected chi connectivity index (χ3v) is 3.98. The van der Waals surface area contributed by atoms with Crippen molar-refractivity contribution in [3.05, 3.63) is 69.2 Å². The summed E-state index contributed by atoms with van der Waals surface area (Å²) in [5.41, 5.74) is 5.56. The van der Waals surface area contributed by atoms with Gasteiger partial charge in [-0.3, -0.25) is 0 Å². The van der Waals surface area contributed by atoms with Crippen LogP contribution in [-0.2, 0) is 0 Å². The Hall–Kier alpha value is -2.19. The summed E-state index contributed by atoms with van der Waals surface area (Å²) in [5.74, 6) is 6.86. The van der Waals surface area contributed by atoms with E-state index in [1.165, 1.54) is 0 Å². The normalized spacial score (nSPS) is 12.6. The van der Waals surface area contributed by atoms with Crippen LogP contribution in [0.15, 0.2) is 52.6 Å². The summed E-state index contributed by atoms with van der Waals surface area (Å²) >= 11 is 11.9. The zero-order valence-corrected chi connectivity index (χ0v) is 15.4. The van der Waals surface area contributed by atoms with Crippen LogP contribution in [0.3, 0.4) is 0 Å². The highest BCUT2D eigenvalue weighted by Gasteiger charge is 2.01. The summed E-state index contributed by atoms with van der Waals surface area (Å²) in [6, 6.07) is 13.1. The van der Waals surface area contributed by atoms with Crippen molar-refractivity contribution in [2.45, 2.75) is 0 Å². The molecule has 0 saturated heterocycles. The standard InChI is InChI=1S/C18H14Cl2N4.ClH/c19-16-8-7-14(11-17(16)20)4-1-13-2-5-15(6-3-13)12-23-24-18-21-9-10-22-18;/h2-3,5-8,11-12H,9-10H2,(H2,21,22,24);1H/b23-12+;. The second-order valence-corrected chi connectivity index (χ2v) is 5.84. The fraction of sp³-hybridized carbons (Fsp3) is 0.111. The molecular formula is C18H15Cl3N4. The van der Waals surface area contributed by atoms with Gasteiger partial charge in [0.1, 0.15) is 0 Å². The van der Waals surface area contributed by atoms with Gasteiger partial charge in [0.05, 0.1) is 22.8 Å². The van der Waals surface area contributed by atoms with Crippen molar-refractivity contribution in [1.82, 2.24) is 10.7 Å². The summed E-state index contributed by atoms with van der Waals surface area (Å²) < 4.78 is 0. The van der Waals surface area contributed by atoms with Gasteiger partial charge in [0.2, 0.25) is 5.96 Å². The van der Waals surface area contributed by atoms with E-state index in [2.05, 4.69) is 32.7 Å². The average molecular weight is 394 g/mol. The van der Waals surface area contributed by atoms with Crippen LogP contribution in [0.5, 0.6) is 0 Å². The lowest BCUT2D eigenvalue weighted by Gasteiger charge is -1.99. The Morgan fingerprint density at radius 2 is 1.76 bits per heavy atom. The third-order valence-electron chi connectivity index (χ3n) is 3.24. The van der Waals surface area contributed by atoms with Crippen molar-refractivity contribution in [3.8, 4) is 11.8 Å². The largest absolute Gasteiger partial charge is 0.353 e. The maximum Gasteiger partial charge on any atom is 0.212 e. The zero-order chi connectivity index (χ0) is 16.8. The molecular weight excluding hydrogens is 379 g/mol. The summed E-state index contributed by atoms with van der Waals surface area (Å²) in [6.45, 7) is 1.63. The molecule has 3 rings (SSSR count). The highest BCUT2D eigenvalue weighted by molar-refractivity contribution is 6.42. The van der Waals surface area contributed by atoms with Gasteiger partial charge in [-0.15, -0.1) is 12.4 Å². The van der Waals surface area contributed by atoms with Gasteiger partial charge in [-0.2, -0.15) is 5.10 Å². The molecule has 2 N–H and O–H groups in total. The molecule has 2 aromatic carbocycles. The average Bonchev–Trinajstić information content (AvgIpc) is 3.10. The van der Waals surface area contributed by atoms with Crippen LogP contribution in [0.2, 0.25) is 10.0 Å². The first kappa shape index (κ1) is 19.1. The second kappa shape index (κ2) is 9.33. The molecule has 0 spiro atoms. The first-order chi connectivity index (χ1) is 11.7. The molecule has 0 bridgehead atoms. The van der Waals surface area contributed by atoms with Gasteiger partial charge in [-0.25, -0.2) is 10.4 Å². The summed E-state index contributed by atoms with van der Waals surface area (Å²) in [7, 11) is 0. The molecule has 1 heterocycles. The van der Waals surface area contributed by atoms with Gasteiger partial charge in [0.15, 0.2) is 0 Å². The van der Waals surface area contributed by atoms with Crippen LogP contribution >= 0.6 is 35.6 Å². The van der Waals surface area contributed by atoms with Gasteiger partial charge in [-0.1, -0.05) is 47.2 Å². The van der Waals surface area contributed by atoms with Crippen molar-refractivity contribution in [1.29, 1.82) is 0 Å². The summed E-state index contributed by atoms with van der Waals surface area (Å²) in [4.78, 5) is 4.19. The molecule has 25 heavy (non-hydrogen) atoms. The lowest BCUT2D eigenvalue weighted by molar-refractivity contribution is 0.920. The minimum Gasteiger partial charge on any atom is -0.353 e. The number of benzene rings is 2. The van der Waals surface area contributed by atoms with Crippen molar-refractivity contribution in [3.63, 3.8) is 0 Å². The van der Waals surface area contributed by atoms with Crippen LogP contribution < -0.4 is 10.7 Å². The minimum atomic E-state index is 0. The number of halogens is 3. The minimum absolute atomic E-state index is 0. The Kier molecular flexibility index (Phi) is 7.15. The predicted molar refractivity (Wildman–Crippen MR) is 107 cm³/mol. The van der Waals surface area contributed by atoms with Crippen LogP contribution in [-0.4, -0.2) is 25.3 Å². The fourth-order valence-electron chi connectivity index (χ4n) is 2.01. The van der Waals surface area contributed by atoms with E-state index in [9.17, 15) is 0 Å². The van der Waals surface area contributed by atoms with E-state index < -0.39 is 0 Å². The Morgan fingerprint density at radius 1 is 1.04 bits per heavy atom. The van der Waals surface area contributed by atoms with E-state index in [-0.39, 0.29) is 12.4 Å². The zero-order valence-electron chi connectivity index (χ0n) is 13.1. The molecule has 0 fully saturated rings. The van der Waals surface area contributed by atoms with Crippen LogP contribution in [0.1, 0.15) is 16.7 Å². The number of rotatable bonds is 2. The molecule has 2 aromatic rings. The highest BCUT2D eigenvalue weighted by atomic mass is 35.5. The quantitative estimate of drug-likeness (QED) is 0.464.